The maximum atomic E-state index is 12.9. The van der Waals surface area contributed by atoms with Crippen molar-refractivity contribution >= 4 is 22.6 Å². The van der Waals surface area contributed by atoms with Gasteiger partial charge in [-0.25, -0.2) is 8.51 Å². The Morgan fingerprint density at radius 1 is 1.25 bits per heavy atom. The van der Waals surface area contributed by atoms with Gasteiger partial charge in [0.15, 0.2) is 0 Å². The molecule has 0 aromatic heterocycles. The standard InChI is InChI=1S/C19H14ClF3N2O2S/c1-12-10-25(11-17(12)27-16-5-3-15(20)4-6-16)28(26)18-7-2-14(19(21,22)23)8-13(18)9-24/h2-8,17H,1,10-11H2/t17-,28?/m0/s1. The molecular weight excluding hydrogens is 413 g/mol. The fraction of sp³-hybridized carbons (Fsp3) is 0.211. The van der Waals surface area contributed by atoms with E-state index in [1.54, 1.807) is 30.3 Å². The maximum Gasteiger partial charge on any atom is 0.416 e. The number of benzene rings is 2. The van der Waals surface area contributed by atoms with Gasteiger partial charge in [-0.2, -0.15) is 18.4 Å². The zero-order chi connectivity index (χ0) is 20.5. The monoisotopic (exact) mass is 426 g/mol. The third kappa shape index (κ3) is 4.38. The molecule has 0 bridgehead atoms. The van der Waals surface area contributed by atoms with Crippen LogP contribution >= 0.6 is 11.6 Å². The molecule has 2 atom stereocenters. The van der Waals surface area contributed by atoms with E-state index in [9.17, 15) is 22.6 Å². The predicted molar refractivity (Wildman–Crippen MR) is 99.1 cm³/mol. The van der Waals surface area contributed by atoms with Gasteiger partial charge in [0, 0.05) is 11.6 Å². The molecule has 4 nitrogen and oxygen atoms in total. The summed E-state index contributed by atoms with van der Waals surface area (Å²) in [5.74, 6) is 0.565. The van der Waals surface area contributed by atoms with Crippen LogP contribution in [0.25, 0.3) is 0 Å². The highest BCUT2D eigenvalue weighted by atomic mass is 35.5. The number of ether oxygens (including phenoxy) is 1. The molecule has 1 heterocycles. The Morgan fingerprint density at radius 2 is 1.93 bits per heavy atom. The summed E-state index contributed by atoms with van der Waals surface area (Å²) in [6, 6.07) is 11.0. The van der Waals surface area contributed by atoms with E-state index < -0.39 is 28.8 Å². The Balaban J connectivity index is 1.77. The van der Waals surface area contributed by atoms with E-state index in [0.717, 1.165) is 12.1 Å². The quantitative estimate of drug-likeness (QED) is 0.673. The Bertz CT molecular complexity index is 971. The van der Waals surface area contributed by atoms with Crippen molar-refractivity contribution in [1.29, 1.82) is 5.26 Å². The van der Waals surface area contributed by atoms with Gasteiger partial charge < -0.3 is 4.74 Å². The second-order valence-corrected chi connectivity index (χ2v) is 8.00. The molecule has 1 aliphatic rings. The fourth-order valence-corrected chi connectivity index (χ4v) is 4.15. The lowest BCUT2D eigenvalue weighted by Gasteiger charge is -2.17. The van der Waals surface area contributed by atoms with E-state index in [-0.39, 0.29) is 23.5 Å². The van der Waals surface area contributed by atoms with E-state index in [0.29, 0.717) is 22.4 Å². The minimum Gasteiger partial charge on any atom is -0.485 e. The van der Waals surface area contributed by atoms with Crippen molar-refractivity contribution < 1.29 is 22.1 Å². The number of nitriles is 1. The summed E-state index contributed by atoms with van der Waals surface area (Å²) in [5, 5.41) is 9.76. The number of rotatable bonds is 4. The lowest BCUT2D eigenvalue weighted by Crippen LogP contribution is -2.27. The molecule has 1 saturated heterocycles. The van der Waals surface area contributed by atoms with E-state index >= 15 is 0 Å². The highest BCUT2D eigenvalue weighted by Crippen LogP contribution is 2.32. The minimum atomic E-state index is -4.58. The SMILES string of the molecule is C=C1CN(S(=O)c2ccc(C(F)(F)F)cc2C#N)C[C@@H]1Oc1ccc(Cl)cc1. The number of nitrogens with zero attached hydrogens (tertiary/aromatic N) is 2. The van der Waals surface area contributed by atoms with Crippen molar-refractivity contribution in [3.05, 3.63) is 70.8 Å². The first-order chi connectivity index (χ1) is 13.2. The molecule has 1 fully saturated rings. The average Bonchev–Trinajstić information content (AvgIpc) is 3.02. The normalized spacial score (nSPS) is 18.7. The van der Waals surface area contributed by atoms with Gasteiger partial charge in [0.2, 0.25) is 0 Å². The first-order valence-corrected chi connectivity index (χ1v) is 9.55. The predicted octanol–water partition coefficient (Wildman–Crippen LogP) is 4.57. The van der Waals surface area contributed by atoms with Crippen LogP contribution in [-0.4, -0.2) is 27.7 Å². The first-order valence-electron chi connectivity index (χ1n) is 8.07. The highest BCUT2D eigenvalue weighted by Gasteiger charge is 2.34. The molecule has 0 aliphatic carbocycles. The number of alkyl halides is 3. The third-order valence-electron chi connectivity index (χ3n) is 4.15. The Kier molecular flexibility index (Phi) is 5.79. The zero-order valence-electron chi connectivity index (χ0n) is 14.4. The Hall–Kier alpha value is -2.34. The highest BCUT2D eigenvalue weighted by molar-refractivity contribution is 7.82. The van der Waals surface area contributed by atoms with Crippen LogP contribution in [0, 0.1) is 11.3 Å². The van der Waals surface area contributed by atoms with Gasteiger partial charge in [0.05, 0.1) is 22.6 Å². The first kappa shape index (κ1) is 20.4. The van der Waals surface area contributed by atoms with Crippen LogP contribution in [0.2, 0.25) is 5.02 Å². The average molecular weight is 427 g/mol. The Morgan fingerprint density at radius 3 is 2.54 bits per heavy atom. The van der Waals surface area contributed by atoms with Crippen molar-refractivity contribution in [2.45, 2.75) is 17.2 Å². The third-order valence-corrected chi connectivity index (χ3v) is 5.88. The molecule has 1 aliphatic heterocycles. The van der Waals surface area contributed by atoms with Gasteiger partial charge in [0.25, 0.3) is 0 Å². The van der Waals surface area contributed by atoms with Crippen molar-refractivity contribution in [3.63, 3.8) is 0 Å². The molecule has 2 aromatic rings. The van der Waals surface area contributed by atoms with Crippen LogP contribution in [0.15, 0.2) is 59.5 Å². The number of halogens is 4. The van der Waals surface area contributed by atoms with Crippen molar-refractivity contribution in [3.8, 4) is 11.8 Å². The van der Waals surface area contributed by atoms with E-state index in [1.165, 1.54) is 4.31 Å². The summed E-state index contributed by atoms with van der Waals surface area (Å²) < 4.78 is 58.7. The van der Waals surface area contributed by atoms with E-state index in [1.807, 2.05) is 0 Å². The second kappa shape index (κ2) is 7.95. The Labute approximate surface area is 167 Å². The van der Waals surface area contributed by atoms with Crippen molar-refractivity contribution in [1.82, 2.24) is 4.31 Å². The van der Waals surface area contributed by atoms with Crippen LogP contribution in [0.3, 0.4) is 0 Å². The summed E-state index contributed by atoms with van der Waals surface area (Å²) in [6.07, 6.45) is -5.02. The number of hydrogen-bond donors (Lipinski definition) is 0. The van der Waals surface area contributed by atoms with Gasteiger partial charge in [-0.3, -0.25) is 0 Å². The molecule has 1 unspecified atom stereocenters. The molecular formula is C19H14ClF3N2O2S. The van der Waals surface area contributed by atoms with E-state index in [2.05, 4.69) is 6.58 Å². The van der Waals surface area contributed by atoms with Gasteiger partial charge >= 0.3 is 6.18 Å². The van der Waals surface area contributed by atoms with Crippen LogP contribution in [0.5, 0.6) is 5.75 Å². The van der Waals surface area contributed by atoms with Gasteiger partial charge in [-0.15, -0.1) is 0 Å². The molecule has 0 N–H and O–H groups in total. The van der Waals surface area contributed by atoms with Crippen LogP contribution in [0.4, 0.5) is 13.2 Å². The van der Waals surface area contributed by atoms with Gasteiger partial charge in [0.1, 0.15) is 28.9 Å². The second-order valence-electron chi connectivity index (χ2n) is 6.11. The summed E-state index contributed by atoms with van der Waals surface area (Å²) in [6.45, 7) is 4.38. The zero-order valence-corrected chi connectivity index (χ0v) is 15.9. The van der Waals surface area contributed by atoms with Crippen molar-refractivity contribution in [2.24, 2.45) is 0 Å². The summed E-state index contributed by atoms with van der Waals surface area (Å²) >= 11 is 5.84. The largest absolute Gasteiger partial charge is 0.485 e. The molecule has 3 rings (SSSR count). The lowest BCUT2D eigenvalue weighted by atomic mass is 10.1. The topological polar surface area (TPSA) is 53.3 Å². The molecule has 28 heavy (non-hydrogen) atoms. The molecule has 9 heteroatoms. The summed E-state index contributed by atoms with van der Waals surface area (Å²) in [5.41, 5.74) is -0.561. The smallest absolute Gasteiger partial charge is 0.416 e. The molecule has 0 saturated carbocycles. The number of hydrogen-bond acceptors (Lipinski definition) is 3. The molecule has 2 aromatic carbocycles. The summed E-state index contributed by atoms with van der Waals surface area (Å²) in [4.78, 5) is 0.0236. The molecule has 146 valence electrons. The minimum absolute atomic E-state index is 0.0236. The van der Waals surface area contributed by atoms with Gasteiger partial charge in [-0.1, -0.05) is 18.2 Å². The molecule has 0 radical (unpaired) electrons. The maximum absolute atomic E-state index is 12.9. The van der Waals surface area contributed by atoms with Gasteiger partial charge in [-0.05, 0) is 48.0 Å². The van der Waals surface area contributed by atoms with E-state index in [4.69, 9.17) is 16.3 Å². The van der Waals surface area contributed by atoms with Crippen LogP contribution in [0.1, 0.15) is 11.1 Å². The fourth-order valence-electron chi connectivity index (χ4n) is 2.72. The molecule has 0 amide bonds. The lowest BCUT2D eigenvalue weighted by molar-refractivity contribution is -0.137. The molecule has 0 spiro atoms. The van der Waals surface area contributed by atoms with Crippen LogP contribution in [-0.2, 0) is 17.2 Å². The summed E-state index contributed by atoms with van der Waals surface area (Å²) in [7, 11) is -1.83. The van der Waals surface area contributed by atoms with Crippen molar-refractivity contribution in [2.75, 3.05) is 13.1 Å². The van der Waals surface area contributed by atoms with Crippen LogP contribution < -0.4 is 4.74 Å².